The van der Waals surface area contributed by atoms with Crippen LogP contribution in [0.25, 0.3) is 0 Å². The van der Waals surface area contributed by atoms with Crippen molar-refractivity contribution in [1.82, 2.24) is 9.78 Å². The fraction of sp³-hybridized carbons (Fsp3) is 0.600. The van der Waals surface area contributed by atoms with Crippen LogP contribution >= 0.6 is 11.6 Å². The molecular weight excluding hydrogens is 216 g/mol. The van der Waals surface area contributed by atoms with Crippen molar-refractivity contribution in [3.63, 3.8) is 0 Å². The van der Waals surface area contributed by atoms with E-state index in [4.69, 9.17) is 16.7 Å². The van der Waals surface area contributed by atoms with Crippen molar-refractivity contribution in [3.05, 3.63) is 16.4 Å². The first-order valence-electron chi connectivity index (χ1n) is 4.81. The molecule has 1 unspecified atom stereocenters. The van der Waals surface area contributed by atoms with E-state index in [0.29, 0.717) is 10.7 Å². The van der Waals surface area contributed by atoms with Crippen LogP contribution in [0.2, 0.25) is 5.02 Å². The number of hydrogen-bond donors (Lipinski definition) is 1. The molecule has 0 saturated carbocycles. The molecular formula is C10H15ClN2O2. The summed E-state index contributed by atoms with van der Waals surface area (Å²) in [5.74, 6) is -1.34. The first-order valence-corrected chi connectivity index (χ1v) is 5.19. The smallest absolute Gasteiger partial charge is 0.312 e. The minimum absolute atomic E-state index is 0.193. The number of aryl methyl sites for hydroxylation is 1. The van der Waals surface area contributed by atoms with Crippen LogP contribution in [0, 0.1) is 0 Å². The van der Waals surface area contributed by atoms with E-state index in [-0.39, 0.29) is 5.92 Å². The van der Waals surface area contributed by atoms with Crippen LogP contribution in [0.1, 0.15) is 44.0 Å². The predicted molar refractivity (Wildman–Crippen MR) is 58.4 cm³/mol. The Morgan fingerprint density at radius 2 is 2.00 bits per heavy atom. The molecule has 0 fully saturated rings. The van der Waals surface area contributed by atoms with Crippen LogP contribution in [0.5, 0.6) is 0 Å². The predicted octanol–water partition coefficient (Wildman–Crippen LogP) is 2.39. The zero-order valence-electron chi connectivity index (χ0n) is 9.28. The maximum atomic E-state index is 10.9. The fourth-order valence-corrected chi connectivity index (χ4v) is 2.03. The average Bonchev–Trinajstić information content (AvgIpc) is 2.41. The average molecular weight is 231 g/mol. The number of aromatic nitrogens is 2. The van der Waals surface area contributed by atoms with Gasteiger partial charge in [-0.3, -0.25) is 9.48 Å². The molecule has 1 atom stereocenters. The van der Waals surface area contributed by atoms with Gasteiger partial charge in [-0.1, -0.05) is 25.4 Å². The molecule has 0 aliphatic carbocycles. The van der Waals surface area contributed by atoms with Crippen LogP contribution in [-0.4, -0.2) is 20.9 Å². The number of carboxylic acids is 1. The molecule has 0 bridgehead atoms. The third-order valence-electron chi connectivity index (χ3n) is 2.38. The van der Waals surface area contributed by atoms with Gasteiger partial charge in [-0.15, -0.1) is 0 Å². The Hall–Kier alpha value is -1.03. The molecule has 1 aromatic heterocycles. The van der Waals surface area contributed by atoms with E-state index in [2.05, 4.69) is 5.10 Å². The molecule has 1 aromatic rings. The molecule has 0 aliphatic heterocycles. The first kappa shape index (κ1) is 12.0. The lowest BCUT2D eigenvalue weighted by Crippen LogP contribution is -2.12. The van der Waals surface area contributed by atoms with E-state index in [0.717, 1.165) is 5.69 Å². The van der Waals surface area contributed by atoms with Crippen molar-refractivity contribution in [2.45, 2.75) is 32.6 Å². The van der Waals surface area contributed by atoms with E-state index in [1.807, 2.05) is 13.8 Å². The monoisotopic (exact) mass is 230 g/mol. The number of hydrogen-bond acceptors (Lipinski definition) is 2. The Morgan fingerprint density at radius 1 is 1.47 bits per heavy atom. The van der Waals surface area contributed by atoms with Gasteiger partial charge in [0.15, 0.2) is 0 Å². The van der Waals surface area contributed by atoms with Gasteiger partial charge in [0.1, 0.15) is 0 Å². The standard InChI is InChI=1S/C10H15ClN2O2/c1-5(2)8-7(11)9(13(4)12-8)6(3)10(14)15/h5-6H,1-4H3,(H,14,15). The van der Waals surface area contributed by atoms with Gasteiger partial charge in [0.2, 0.25) is 0 Å². The number of aliphatic carboxylic acids is 1. The summed E-state index contributed by atoms with van der Waals surface area (Å²) < 4.78 is 1.55. The van der Waals surface area contributed by atoms with Gasteiger partial charge < -0.3 is 5.11 Å². The van der Waals surface area contributed by atoms with Crippen molar-refractivity contribution >= 4 is 17.6 Å². The number of rotatable bonds is 3. The first-order chi connectivity index (χ1) is 6.86. The number of halogens is 1. The lowest BCUT2D eigenvalue weighted by atomic mass is 10.1. The molecule has 5 heteroatoms. The van der Waals surface area contributed by atoms with Crippen LogP contribution in [-0.2, 0) is 11.8 Å². The highest BCUT2D eigenvalue weighted by Gasteiger charge is 2.25. The molecule has 15 heavy (non-hydrogen) atoms. The molecule has 0 saturated heterocycles. The molecule has 1 heterocycles. The Labute approximate surface area is 93.9 Å². The second kappa shape index (κ2) is 4.23. The SMILES string of the molecule is CC(C)c1nn(C)c(C(C)C(=O)O)c1Cl. The summed E-state index contributed by atoms with van der Waals surface area (Å²) in [6.07, 6.45) is 0. The molecule has 0 aliphatic rings. The van der Waals surface area contributed by atoms with Crippen LogP contribution in [0.15, 0.2) is 0 Å². The van der Waals surface area contributed by atoms with Crippen LogP contribution in [0.3, 0.4) is 0 Å². The van der Waals surface area contributed by atoms with Gasteiger partial charge in [-0.25, -0.2) is 0 Å². The minimum atomic E-state index is -0.893. The second-order valence-corrected chi connectivity index (χ2v) is 4.30. The van der Waals surface area contributed by atoms with Gasteiger partial charge in [0, 0.05) is 7.05 Å². The maximum absolute atomic E-state index is 10.9. The van der Waals surface area contributed by atoms with Crippen molar-refractivity contribution in [2.75, 3.05) is 0 Å². The van der Waals surface area contributed by atoms with E-state index < -0.39 is 11.9 Å². The highest BCUT2D eigenvalue weighted by molar-refractivity contribution is 6.32. The second-order valence-electron chi connectivity index (χ2n) is 3.92. The molecule has 0 amide bonds. The molecule has 0 radical (unpaired) electrons. The van der Waals surface area contributed by atoms with Gasteiger partial charge in [-0.2, -0.15) is 5.10 Å². The summed E-state index contributed by atoms with van der Waals surface area (Å²) in [6.45, 7) is 5.56. The van der Waals surface area contributed by atoms with Crippen molar-refractivity contribution in [2.24, 2.45) is 7.05 Å². The summed E-state index contributed by atoms with van der Waals surface area (Å²) in [6, 6.07) is 0. The molecule has 0 aromatic carbocycles. The van der Waals surface area contributed by atoms with Gasteiger partial charge in [0.05, 0.1) is 22.3 Å². The van der Waals surface area contributed by atoms with Crippen LogP contribution < -0.4 is 0 Å². The zero-order valence-corrected chi connectivity index (χ0v) is 10.0. The third kappa shape index (κ3) is 2.15. The lowest BCUT2D eigenvalue weighted by Gasteiger charge is -2.07. The summed E-state index contributed by atoms with van der Waals surface area (Å²) in [7, 11) is 1.71. The Morgan fingerprint density at radius 3 is 2.33 bits per heavy atom. The van der Waals surface area contributed by atoms with E-state index in [1.54, 1.807) is 18.7 Å². The highest BCUT2D eigenvalue weighted by Crippen LogP contribution is 2.31. The number of nitrogens with zero attached hydrogens (tertiary/aromatic N) is 2. The summed E-state index contributed by atoms with van der Waals surface area (Å²) >= 11 is 6.12. The summed E-state index contributed by atoms with van der Waals surface area (Å²) in [4.78, 5) is 10.9. The zero-order chi connectivity index (χ0) is 11.7. The van der Waals surface area contributed by atoms with E-state index in [1.165, 1.54) is 0 Å². The van der Waals surface area contributed by atoms with E-state index in [9.17, 15) is 4.79 Å². The summed E-state index contributed by atoms with van der Waals surface area (Å²) in [5, 5.41) is 13.6. The normalized spacial score (nSPS) is 13.2. The molecule has 0 spiro atoms. The van der Waals surface area contributed by atoms with E-state index >= 15 is 0 Å². The van der Waals surface area contributed by atoms with Crippen molar-refractivity contribution < 1.29 is 9.90 Å². The van der Waals surface area contributed by atoms with Crippen LogP contribution in [0.4, 0.5) is 0 Å². The fourth-order valence-electron chi connectivity index (χ4n) is 1.49. The van der Waals surface area contributed by atoms with Gasteiger partial charge in [0.25, 0.3) is 0 Å². The maximum Gasteiger partial charge on any atom is 0.312 e. The Kier molecular flexibility index (Phi) is 3.39. The lowest BCUT2D eigenvalue weighted by molar-refractivity contribution is -0.138. The van der Waals surface area contributed by atoms with Gasteiger partial charge >= 0.3 is 5.97 Å². The number of carboxylic acid groups (broad SMARTS) is 1. The van der Waals surface area contributed by atoms with Crippen molar-refractivity contribution in [1.29, 1.82) is 0 Å². The Bertz CT molecular complexity index is 385. The topological polar surface area (TPSA) is 55.1 Å². The largest absolute Gasteiger partial charge is 0.481 e. The molecule has 84 valence electrons. The molecule has 1 rings (SSSR count). The summed E-state index contributed by atoms with van der Waals surface area (Å²) in [5.41, 5.74) is 1.31. The molecule has 1 N–H and O–H groups in total. The highest BCUT2D eigenvalue weighted by atomic mass is 35.5. The quantitative estimate of drug-likeness (QED) is 0.868. The molecule has 4 nitrogen and oxygen atoms in total. The number of carbonyl (C=O) groups is 1. The third-order valence-corrected chi connectivity index (χ3v) is 2.77. The minimum Gasteiger partial charge on any atom is -0.481 e. The van der Waals surface area contributed by atoms with Gasteiger partial charge in [-0.05, 0) is 12.8 Å². The Balaban J connectivity index is 3.25. The van der Waals surface area contributed by atoms with Crippen molar-refractivity contribution in [3.8, 4) is 0 Å².